The van der Waals surface area contributed by atoms with Gasteiger partial charge in [0.1, 0.15) is 12.2 Å². The molecule has 1 aromatic heterocycles. The number of nitrogens with zero attached hydrogens (tertiary/aromatic N) is 2. The Bertz CT molecular complexity index is 1320. The monoisotopic (exact) mass is 524 g/mol. The van der Waals surface area contributed by atoms with Crippen LogP contribution in [0.5, 0.6) is 11.5 Å². The second-order valence-corrected chi connectivity index (χ2v) is 9.75. The largest absolute Gasteiger partial charge is 0.493 e. The molecule has 0 radical (unpaired) electrons. The minimum Gasteiger partial charge on any atom is -0.493 e. The van der Waals surface area contributed by atoms with Crippen LogP contribution in [0.15, 0.2) is 54.7 Å². The topological polar surface area (TPSA) is 90.2 Å². The van der Waals surface area contributed by atoms with Crippen molar-refractivity contribution < 1.29 is 28.9 Å². The fourth-order valence-electron chi connectivity index (χ4n) is 5.34. The Morgan fingerprint density at radius 2 is 1.95 bits per heavy atom. The van der Waals surface area contributed by atoms with Crippen molar-refractivity contribution in [3.8, 4) is 17.2 Å². The van der Waals surface area contributed by atoms with Crippen molar-refractivity contribution in [2.24, 2.45) is 5.92 Å². The van der Waals surface area contributed by atoms with E-state index in [1.54, 1.807) is 19.1 Å². The van der Waals surface area contributed by atoms with Gasteiger partial charge in [0.25, 0.3) is 0 Å². The lowest BCUT2D eigenvalue weighted by molar-refractivity contribution is -0.146. The van der Waals surface area contributed by atoms with E-state index in [1.165, 1.54) is 0 Å². The van der Waals surface area contributed by atoms with E-state index in [9.17, 15) is 14.7 Å². The first-order valence-corrected chi connectivity index (χ1v) is 12.6. The van der Waals surface area contributed by atoms with Gasteiger partial charge in [-0.3, -0.25) is 9.59 Å². The molecule has 5 rings (SSSR count). The Morgan fingerprint density at radius 1 is 1.11 bits per heavy atom. The number of rotatable bonds is 6. The third kappa shape index (κ3) is 4.79. The minimum absolute atomic E-state index is 0.0703. The Labute approximate surface area is 220 Å². The predicted octanol–water partition coefficient (Wildman–Crippen LogP) is 5.02. The highest BCUT2D eigenvalue weighted by Gasteiger charge is 2.36. The van der Waals surface area contributed by atoms with Gasteiger partial charge < -0.3 is 28.8 Å². The van der Waals surface area contributed by atoms with Gasteiger partial charge in [-0.1, -0.05) is 23.7 Å². The summed E-state index contributed by atoms with van der Waals surface area (Å²) < 4.78 is 20.1. The summed E-state index contributed by atoms with van der Waals surface area (Å²) in [6, 6.07) is 15.1. The number of ether oxygens (including phenoxy) is 3. The standard InChI is InChI=1S/C28H29ClN2O6/c1-35-23-9-3-7-19(27(23)36-2)26-20-14-18(29)10-11-21(20)31-13-5-8-22(31)24(37-26)15-25(32)30-12-4-6-17(16-30)28(33)34/h3,5,7-11,13-14,17,24,26H,4,6,12,15-16H2,1-2H3,(H,33,34)/t17-,24+,26+/m0/s1. The van der Waals surface area contributed by atoms with Crippen LogP contribution < -0.4 is 9.47 Å². The maximum atomic E-state index is 13.5. The summed E-state index contributed by atoms with van der Waals surface area (Å²) in [6.07, 6.45) is 2.05. The van der Waals surface area contributed by atoms with Crippen LogP contribution in [0.1, 0.15) is 48.3 Å². The van der Waals surface area contributed by atoms with E-state index in [0.29, 0.717) is 35.9 Å². The average molecular weight is 525 g/mol. The van der Waals surface area contributed by atoms with Crippen molar-refractivity contribution in [1.82, 2.24) is 9.47 Å². The van der Waals surface area contributed by atoms with Crippen molar-refractivity contribution in [3.05, 3.63) is 76.6 Å². The molecule has 2 aliphatic heterocycles. The first kappa shape index (κ1) is 25.2. The zero-order chi connectivity index (χ0) is 26.1. The molecule has 0 spiro atoms. The van der Waals surface area contributed by atoms with Gasteiger partial charge in [-0.05, 0) is 49.2 Å². The van der Waals surface area contributed by atoms with Crippen LogP contribution in [-0.2, 0) is 14.3 Å². The SMILES string of the molecule is COc1cccc([C@H]2O[C@H](CC(=O)N3CCC[C@H](C(=O)O)C3)c3cccn3-c3ccc(Cl)cc32)c1OC. The number of hydrogen-bond donors (Lipinski definition) is 1. The highest BCUT2D eigenvalue weighted by atomic mass is 35.5. The molecule has 1 saturated heterocycles. The Hall–Kier alpha value is -3.49. The molecule has 0 aliphatic carbocycles. The van der Waals surface area contributed by atoms with E-state index in [1.807, 2.05) is 59.3 Å². The summed E-state index contributed by atoms with van der Waals surface area (Å²) in [5, 5.41) is 10.0. The first-order valence-electron chi connectivity index (χ1n) is 12.2. The number of halogens is 1. The molecule has 1 N–H and O–H groups in total. The molecule has 3 heterocycles. The van der Waals surface area contributed by atoms with E-state index in [2.05, 4.69) is 0 Å². The van der Waals surface area contributed by atoms with Crippen LogP contribution in [0.25, 0.3) is 5.69 Å². The van der Waals surface area contributed by atoms with Crippen LogP contribution in [0.2, 0.25) is 5.02 Å². The number of likely N-dealkylation sites (tertiary alicyclic amines) is 1. The number of aliphatic carboxylic acids is 1. The van der Waals surface area contributed by atoms with E-state index < -0.39 is 24.1 Å². The molecule has 9 heteroatoms. The summed E-state index contributed by atoms with van der Waals surface area (Å²) in [7, 11) is 3.16. The molecular formula is C28H29ClN2O6. The highest BCUT2D eigenvalue weighted by molar-refractivity contribution is 6.30. The van der Waals surface area contributed by atoms with E-state index in [-0.39, 0.29) is 18.9 Å². The third-order valence-electron chi connectivity index (χ3n) is 7.14. The van der Waals surface area contributed by atoms with Crippen LogP contribution in [0.4, 0.5) is 0 Å². The molecule has 8 nitrogen and oxygen atoms in total. The first-order chi connectivity index (χ1) is 17.9. The zero-order valence-electron chi connectivity index (χ0n) is 20.7. The van der Waals surface area contributed by atoms with Crippen molar-refractivity contribution in [1.29, 1.82) is 0 Å². The quantitative estimate of drug-likeness (QED) is 0.487. The third-order valence-corrected chi connectivity index (χ3v) is 7.38. The predicted molar refractivity (Wildman–Crippen MR) is 138 cm³/mol. The van der Waals surface area contributed by atoms with Crippen molar-refractivity contribution in [3.63, 3.8) is 0 Å². The van der Waals surface area contributed by atoms with E-state index in [4.69, 9.17) is 25.8 Å². The summed E-state index contributed by atoms with van der Waals surface area (Å²) in [4.78, 5) is 26.7. The maximum absolute atomic E-state index is 13.5. The molecule has 2 aromatic carbocycles. The zero-order valence-corrected chi connectivity index (χ0v) is 21.5. The van der Waals surface area contributed by atoms with Gasteiger partial charge in [0.15, 0.2) is 11.5 Å². The van der Waals surface area contributed by atoms with Crippen molar-refractivity contribution in [2.75, 3.05) is 27.3 Å². The molecule has 194 valence electrons. The lowest BCUT2D eigenvalue weighted by Gasteiger charge is -2.32. The molecule has 0 saturated carbocycles. The number of para-hydroxylation sites is 1. The second kappa shape index (κ2) is 10.5. The van der Waals surface area contributed by atoms with Crippen LogP contribution in [-0.4, -0.2) is 53.8 Å². The summed E-state index contributed by atoms with van der Waals surface area (Å²) in [6.45, 7) is 0.754. The van der Waals surface area contributed by atoms with Crippen molar-refractivity contribution in [2.45, 2.75) is 31.5 Å². The average Bonchev–Trinajstić information content (AvgIpc) is 3.36. The molecule has 1 fully saturated rings. The van der Waals surface area contributed by atoms with Gasteiger partial charge in [0, 0.05) is 35.4 Å². The number of carboxylic acid groups (broad SMARTS) is 1. The normalized spacial score (nSPS) is 20.9. The number of piperidine rings is 1. The Morgan fingerprint density at radius 3 is 2.70 bits per heavy atom. The number of carbonyl (C=O) groups is 2. The Balaban J connectivity index is 1.56. The molecule has 0 unspecified atom stereocenters. The van der Waals surface area contributed by atoms with Crippen molar-refractivity contribution >= 4 is 23.5 Å². The van der Waals surface area contributed by atoms with Gasteiger partial charge in [-0.25, -0.2) is 0 Å². The van der Waals surface area contributed by atoms with Gasteiger partial charge in [-0.15, -0.1) is 0 Å². The van der Waals surface area contributed by atoms with E-state index in [0.717, 1.165) is 22.5 Å². The van der Waals surface area contributed by atoms with Crippen LogP contribution in [0, 0.1) is 5.92 Å². The van der Waals surface area contributed by atoms with E-state index >= 15 is 0 Å². The van der Waals surface area contributed by atoms with Gasteiger partial charge in [0.05, 0.1) is 37.9 Å². The smallest absolute Gasteiger partial charge is 0.308 e. The fourth-order valence-corrected chi connectivity index (χ4v) is 5.52. The lowest BCUT2D eigenvalue weighted by Crippen LogP contribution is -2.42. The molecule has 0 bridgehead atoms. The molecule has 37 heavy (non-hydrogen) atoms. The number of benzene rings is 2. The lowest BCUT2D eigenvalue weighted by atomic mass is 9.97. The highest BCUT2D eigenvalue weighted by Crippen LogP contribution is 2.46. The van der Waals surface area contributed by atoms with Gasteiger partial charge in [-0.2, -0.15) is 0 Å². The van der Waals surface area contributed by atoms with Crippen LogP contribution >= 0.6 is 11.6 Å². The second-order valence-electron chi connectivity index (χ2n) is 9.31. The number of hydrogen-bond acceptors (Lipinski definition) is 5. The molecule has 3 atom stereocenters. The van der Waals surface area contributed by atoms with Crippen LogP contribution in [0.3, 0.4) is 0 Å². The number of aromatic nitrogens is 1. The molecule has 1 amide bonds. The molecule has 3 aromatic rings. The molecule has 2 aliphatic rings. The fraction of sp³-hybridized carbons (Fsp3) is 0.357. The van der Waals surface area contributed by atoms with Gasteiger partial charge in [0.2, 0.25) is 5.91 Å². The summed E-state index contributed by atoms with van der Waals surface area (Å²) in [5.74, 6) is -0.440. The summed E-state index contributed by atoms with van der Waals surface area (Å²) >= 11 is 6.45. The number of fused-ring (bicyclic) bond motifs is 3. The number of amides is 1. The minimum atomic E-state index is -0.866. The number of methoxy groups -OCH3 is 2. The number of carbonyl (C=O) groups excluding carboxylic acids is 1. The summed E-state index contributed by atoms with van der Waals surface area (Å²) in [5.41, 5.74) is 3.29. The maximum Gasteiger partial charge on any atom is 0.308 e. The number of carboxylic acids is 1. The van der Waals surface area contributed by atoms with Gasteiger partial charge >= 0.3 is 5.97 Å². The molecular weight excluding hydrogens is 496 g/mol. The Kier molecular flexibility index (Phi) is 7.13.